The summed E-state index contributed by atoms with van der Waals surface area (Å²) in [7, 11) is 0. The van der Waals surface area contributed by atoms with Crippen LogP contribution in [0.15, 0.2) is 48.5 Å². The molecule has 106 valence electrons. The molecule has 4 rings (SSSR count). The smallest absolute Gasteiger partial charge is 0.239 e. The van der Waals surface area contributed by atoms with Crippen molar-refractivity contribution in [1.29, 1.82) is 0 Å². The topological polar surface area (TPSA) is 53.2 Å². The molecule has 1 aliphatic rings. The van der Waals surface area contributed by atoms with E-state index in [4.69, 9.17) is 0 Å². The molecule has 2 heterocycles. The molecule has 0 atom stereocenters. The quantitative estimate of drug-likeness (QED) is 0.498. The molecule has 3 aromatic rings. The Kier molecular flexibility index (Phi) is 3.75. The Labute approximate surface area is 130 Å². The zero-order chi connectivity index (χ0) is 14.8. The summed E-state index contributed by atoms with van der Waals surface area (Å²) in [5.41, 5.74) is 2.42. The number of carbonyl (C=O) groups is 2. The van der Waals surface area contributed by atoms with E-state index in [9.17, 15) is 9.59 Å². The Morgan fingerprint density at radius 2 is 1.24 bits per heavy atom. The van der Waals surface area contributed by atoms with Crippen molar-refractivity contribution >= 4 is 49.8 Å². The number of fused-ring (bicyclic) bond motifs is 3. The summed E-state index contributed by atoms with van der Waals surface area (Å²) in [6.45, 7) is 0. The van der Waals surface area contributed by atoms with Crippen LogP contribution in [-0.4, -0.2) is 20.7 Å². The van der Waals surface area contributed by atoms with Gasteiger partial charge in [-0.15, -0.1) is 0 Å². The van der Waals surface area contributed by atoms with E-state index < -0.39 is 0 Å². The number of aromatic amines is 1. The fraction of sp³-hybridized carbons (Fsp3) is 0.125. The molecule has 1 N–H and O–H groups in total. The van der Waals surface area contributed by atoms with Gasteiger partial charge in [-0.3, -0.25) is 9.59 Å². The second-order valence-electron chi connectivity index (χ2n) is 4.78. The summed E-state index contributed by atoms with van der Waals surface area (Å²) in [4.78, 5) is 24.3. The number of hydrogen-bond acceptors (Lipinski definition) is 2. The fourth-order valence-corrected chi connectivity index (χ4v) is 2.70. The van der Waals surface area contributed by atoms with Crippen molar-refractivity contribution in [2.45, 2.75) is 12.8 Å². The number of benzene rings is 2. The number of carbonyl (C=O) groups excluding carboxylic acids is 2. The molecule has 0 bridgehead atoms. The number of rotatable bonds is 0. The molecule has 0 unspecified atom stereocenters. The molecule has 0 saturated carbocycles. The van der Waals surface area contributed by atoms with Gasteiger partial charge in [0.25, 0.3) is 0 Å². The Balaban J connectivity index is 0.000000143. The van der Waals surface area contributed by atoms with Crippen LogP contribution in [0.1, 0.15) is 12.8 Å². The van der Waals surface area contributed by atoms with Gasteiger partial charge >= 0.3 is 0 Å². The van der Waals surface area contributed by atoms with E-state index >= 15 is 0 Å². The second kappa shape index (κ2) is 5.69. The number of aromatic nitrogens is 1. The number of halogens is 1. The maximum Gasteiger partial charge on any atom is 0.239 e. The van der Waals surface area contributed by atoms with Crippen LogP contribution >= 0.6 is 16.1 Å². The molecule has 5 heteroatoms. The molecule has 2 amide bonds. The predicted molar refractivity (Wildman–Crippen MR) is 85.8 cm³/mol. The van der Waals surface area contributed by atoms with Crippen molar-refractivity contribution in [1.82, 2.24) is 8.91 Å². The van der Waals surface area contributed by atoms with Crippen LogP contribution in [0.3, 0.4) is 0 Å². The molecule has 0 aliphatic carbocycles. The van der Waals surface area contributed by atoms with Crippen LogP contribution < -0.4 is 0 Å². The molecule has 1 saturated heterocycles. The van der Waals surface area contributed by atoms with Gasteiger partial charge in [0.15, 0.2) is 0 Å². The van der Waals surface area contributed by atoms with Crippen molar-refractivity contribution in [3.05, 3.63) is 48.5 Å². The van der Waals surface area contributed by atoms with Gasteiger partial charge in [-0.05, 0) is 12.1 Å². The summed E-state index contributed by atoms with van der Waals surface area (Å²) >= 11 is 2.80. The molecule has 0 radical (unpaired) electrons. The maximum absolute atomic E-state index is 10.4. The van der Waals surface area contributed by atoms with Crippen molar-refractivity contribution in [3.63, 3.8) is 0 Å². The lowest BCUT2D eigenvalue weighted by Gasteiger charge is -1.97. The van der Waals surface area contributed by atoms with Gasteiger partial charge in [0, 0.05) is 34.6 Å². The largest absolute Gasteiger partial charge is 0.355 e. The van der Waals surface area contributed by atoms with Crippen LogP contribution in [0, 0.1) is 0 Å². The molecule has 0 spiro atoms. The molecular formula is C16H13BrN2O2. The first kappa shape index (κ1) is 13.8. The van der Waals surface area contributed by atoms with Crippen LogP contribution in [0.25, 0.3) is 21.8 Å². The normalized spacial score (nSPS) is 14.6. The number of amides is 2. The molecule has 1 fully saturated rings. The van der Waals surface area contributed by atoms with Gasteiger partial charge in [-0.1, -0.05) is 36.4 Å². The summed E-state index contributed by atoms with van der Waals surface area (Å²) in [6.07, 6.45) is 0.703. The van der Waals surface area contributed by atoms with Gasteiger partial charge in [-0.2, -0.15) is 0 Å². The lowest BCUT2D eigenvalue weighted by molar-refractivity contribution is -0.131. The number of para-hydroxylation sites is 2. The van der Waals surface area contributed by atoms with Gasteiger partial charge in [-0.25, -0.2) is 3.93 Å². The third-order valence-electron chi connectivity index (χ3n) is 3.40. The summed E-state index contributed by atoms with van der Waals surface area (Å²) in [5, 5.41) is 2.61. The van der Waals surface area contributed by atoms with Crippen molar-refractivity contribution in [2.75, 3.05) is 0 Å². The monoisotopic (exact) mass is 344 g/mol. The standard InChI is InChI=1S/C12H9N.C4H4BrNO2/c1-3-7-11-9(5-1)10-6-2-4-8-12(10)13-11;5-6-3(7)1-2-4(6)8/h1-8,13H;1-2H2. The van der Waals surface area contributed by atoms with Gasteiger partial charge < -0.3 is 4.98 Å². The van der Waals surface area contributed by atoms with E-state index in [2.05, 4.69) is 69.7 Å². The van der Waals surface area contributed by atoms with E-state index in [0.29, 0.717) is 12.8 Å². The third-order valence-corrected chi connectivity index (χ3v) is 4.20. The Morgan fingerprint density at radius 3 is 1.62 bits per heavy atom. The number of H-pyrrole nitrogens is 1. The van der Waals surface area contributed by atoms with Crippen LogP contribution in [0.2, 0.25) is 0 Å². The summed E-state index contributed by atoms with van der Waals surface area (Å²) in [5.74, 6) is -0.287. The van der Waals surface area contributed by atoms with Crippen molar-refractivity contribution in [3.8, 4) is 0 Å². The minimum atomic E-state index is -0.144. The van der Waals surface area contributed by atoms with Crippen LogP contribution in [0.5, 0.6) is 0 Å². The van der Waals surface area contributed by atoms with Gasteiger partial charge in [0.1, 0.15) is 0 Å². The predicted octanol–water partition coefficient (Wildman–Crippen LogP) is 3.77. The Bertz CT molecular complexity index is 759. The lowest BCUT2D eigenvalue weighted by atomic mass is 10.2. The number of nitrogens with one attached hydrogen (secondary N) is 1. The zero-order valence-electron chi connectivity index (χ0n) is 11.2. The highest BCUT2D eigenvalue weighted by Gasteiger charge is 2.26. The van der Waals surface area contributed by atoms with Crippen LogP contribution in [-0.2, 0) is 9.59 Å². The minimum Gasteiger partial charge on any atom is -0.355 e. The van der Waals surface area contributed by atoms with Gasteiger partial charge in [0.2, 0.25) is 11.8 Å². The van der Waals surface area contributed by atoms with E-state index in [1.165, 1.54) is 21.8 Å². The van der Waals surface area contributed by atoms with E-state index in [1.807, 2.05) is 0 Å². The number of hydrogen-bond donors (Lipinski definition) is 1. The third kappa shape index (κ3) is 2.69. The Hall–Kier alpha value is -2.14. The minimum absolute atomic E-state index is 0.144. The van der Waals surface area contributed by atoms with E-state index in [-0.39, 0.29) is 11.8 Å². The molecule has 2 aromatic carbocycles. The number of nitrogens with zero attached hydrogens (tertiary/aromatic N) is 1. The average Bonchev–Trinajstić information content (AvgIpc) is 3.03. The molecule has 4 nitrogen and oxygen atoms in total. The fourth-order valence-electron chi connectivity index (χ4n) is 2.35. The molecule has 1 aliphatic heterocycles. The average molecular weight is 345 g/mol. The van der Waals surface area contributed by atoms with Gasteiger partial charge in [0.05, 0.1) is 16.1 Å². The maximum atomic E-state index is 10.4. The SMILES string of the molecule is O=C1CCC(=O)N1Br.c1ccc2c(c1)[nH]c1ccccc12. The van der Waals surface area contributed by atoms with Crippen molar-refractivity contribution < 1.29 is 9.59 Å². The lowest BCUT2D eigenvalue weighted by Crippen LogP contribution is -2.16. The van der Waals surface area contributed by atoms with E-state index in [0.717, 1.165) is 3.93 Å². The highest BCUT2D eigenvalue weighted by atomic mass is 79.9. The highest BCUT2D eigenvalue weighted by molar-refractivity contribution is 9.08. The van der Waals surface area contributed by atoms with Crippen molar-refractivity contribution in [2.24, 2.45) is 0 Å². The Morgan fingerprint density at radius 1 is 0.810 bits per heavy atom. The second-order valence-corrected chi connectivity index (χ2v) is 5.49. The summed E-state index contributed by atoms with van der Waals surface area (Å²) in [6, 6.07) is 16.8. The van der Waals surface area contributed by atoms with Crippen LogP contribution in [0.4, 0.5) is 0 Å². The first-order chi connectivity index (χ1) is 10.2. The highest BCUT2D eigenvalue weighted by Crippen LogP contribution is 2.24. The van der Waals surface area contributed by atoms with E-state index in [1.54, 1.807) is 0 Å². The molecule has 1 aromatic heterocycles. The molecular weight excluding hydrogens is 332 g/mol. The number of imide groups is 1. The first-order valence-electron chi connectivity index (χ1n) is 6.64. The zero-order valence-corrected chi connectivity index (χ0v) is 12.8. The first-order valence-corrected chi connectivity index (χ1v) is 7.35. The summed E-state index contributed by atoms with van der Waals surface area (Å²) < 4.78 is 0.979. The molecule has 21 heavy (non-hydrogen) atoms.